The summed E-state index contributed by atoms with van der Waals surface area (Å²) in [5.74, 6) is 0.456. The van der Waals surface area contributed by atoms with Crippen molar-refractivity contribution < 1.29 is 4.92 Å². The van der Waals surface area contributed by atoms with Gasteiger partial charge in [0.05, 0.1) is 6.54 Å². The zero-order valence-electron chi connectivity index (χ0n) is 12.4. The summed E-state index contributed by atoms with van der Waals surface area (Å²) in [6.45, 7) is 0.681. The van der Waals surface area contributed by atoms with E-state index in [-0.39, 0.29) is 11.5 Å². The fourth-order valence-corrected chi connectivity index (χ4v) is 2.03. The van der Waals surface area contributed by atoms with E-state index >= 15 is 0 Å². The molecule has 1 heterocycles. The number of pyridine rings is 1. The van der Waals surface area contributed by atoms with Crippen LogP contribution in [0.25, 0.3) is 0 Å². The van der Waals surface area contributed by atoms with Gasteiger partial charge in [-0.25, -0.2) is 0 Å². The van der Waals surface area contributed by atoms with Crippen molar-refractivity contribution in [2.45, 2.75) is 13.1 Å². The van der Waals surface area contributed by atoms with E-state index in [9.17, 15) is 10.1 Å². The van der Waals surface area contributed by atoms with E-state index in [1.165, 1.54) is 0 Å². The van der Waals surface area contributed by atoms with E-state index in [1.54, 1.807) is 24.3 Å². The molecule has 0 aliphatic carbocycles. The minimum atomic E-state index is -0.358. The summed E-state index contributed by atoms with van der Waals surface area (Å²) in [7, 11) is 1.81. The molecule has 22 heavy (non-hydrogen) atoms. The van der Waals surface area contributed by atoms with Crippen LogP contribution in [0.3, 0.4) is 0 Å². The number of likely N-dealkylation sites (N-methyl/N-ethyl adjacent to an activating group) is 1. The van der Waals surface area contributed by atoms with Crippen LogP contribution in [-0.2, 0) is 13.1 Å². The van der Waals surface area contributed by atoms with Crippen molar-refractivity contribution in [1.29, 1.82) is 0 Å². The summed E-state index contributed by atoms with van der Waals surface area (Å²) in [5, 5.41) is 10.9. The molecule has 6 heteroatoms. The molecule has 0 fully saturated rings. The van der Waals surface area contributed by atoms with Gasteiger partial charge in [-0.05, 0) is 17.2 Å². The summed E-state index contributed by atoms with van der Waals surface area (Å²) < 4.78 is 0. The first-order chi connectivity index (χ1) is 10.6. The Morgan fingerprint density at radius 3 is 2.59 bits per heavy atom. The first-order valence-electron chi connectivity index (χ1n) is 6.94. The molecule has 1 aromatic carbocycles. The highest BCUT2D eigenvalue weighted by molar-refractivity contribution is 5.83. The zero-order valence-corrected chi connectivity index (χ0v) is 12.4. The summed E-state index contributed by atoms with van der Waals surface area (Å²) in [6, 6.07) is 13.5. The van der Waals surface area contributed by atoms with Crippen molar-refractivity contribution >= 4 is 5.84 Å². The van der Waals surface area contributed by atoms with E-state index in [2.05, 4.69) is 9.98 Å². The van der Waals surface area contributed by atoms with Gasteiger partial charge in [0.2, 0.25) is 0 Å². The van der Waals surface area contributed by atoms with Crippen molar-refractivity contribution in [2.24, 2.45) is 4.99 Å². The monoisotopic (exact) mass is 298 g/mol. The van der Waals surface area contributed by atoms with Crippen molar-refractivity contribution in [3.63, 3.8) is 0 Å². The van der Waals surface area contributed by atoms with Crippen LogP contribution in [0, 0.1) is 10.1 Å². The topological polar surface area (TPSA) is 71.6 Å². The third-order valence-corrected chi connectivity index (χ3v) is 3.14. The molecule has 2 rings (SSSR count). The van der Waals surface area contributed by atoms with Gasteiger partial charge in [-0.2, -0.15) is 0 Å². The van der Waals surface area contributed by atoms with Crippen LogP contribution in [-0.4, -0.2) is 34.2 Å². The Bertz CT molecular complexity index is 629. The molecule has 114 valence electrons. The molecular formula is C16H18N4O2. The molecule has 1 aromatic heterocycles. The number of hydrogen-bond donors (Lipinski definition) is 0. The molecule has 0 radical (unpaired) electrons. The van der Waals surface area contributed by atoms with Gasteiger partial charge >= 0.3 is 0 Å². The minimum absolute atomic E-state index is 0.288. The lowest BCUT2D eigenvalue weighted by Gasteiger charge is -2.19. The number of aromatic nitrogens is 1. The Hall–Kier alpha value is -2.76. The molecule has 2 aromatic rings. The largest absolute Gasteiger partial charge is 0.354 e. The second-order valence-corrected chi connectivity index (χ2v) is 4.93. The molecule has 0 amide bonds. The fourth-order valence-electron chi connectivity index (χ4n) is 2.03. The van der Waals surface area contributed by atoms with Crippen molar-refractivity contribution in [1.82, 2.24) is 9.88 Å². The van der Waals surface area contributed by atoms with E-state index in [0.29, 0.717) is 18.9 Å². The summed E-state index contributed by atoms with van der Waals surface area (Å²) >= 11 is 0. The second kappa shape index (κ2) is 7.87. The summed E-state index contributed by atoms with van der Waals surface area (Å²) in [6.07, 6.45) is 3.45. The van der Waals surface area contributed by atoms with E-state index in [4.69, 9.17) is 0 Å². The van der Waals surface area contributed by atoms with Crippen LogP contribution in [0.15, 0.2) is 59.9 Å². The van der Waals surface area contributed by atoms with Crippen LogP contribution < -0.4 is 0 Å². The Balaban J connectivity index is 2.09. The molecule has 0 saturated heterocycles. The lowest BCUT2D eigenvalue weighted by molar-refractivity contribution is -0.464. The van der Waals surface area contributed by atoms with E-state index < -0.39 is 0 Å². The van der Waals surface area contributed by atoms with Crippen molar-refractivity contribution in [3.8, 4) is 0 Å². The average molecular weight is 298 g/mol. The number of nitro groups is 1. The molecule has 0 atom stereocenters. The SMILES string of the molecule is CN(Cc1cccnc1)C(C[N+](=O)[O-])=NCc1ccccc1. The van der Waals surface area contributed by atoms with Gasteiger partial charge in [-0.15, -0.1) is 0 Å². The van der Waals surface area contributed by atoms with Gasteiger partial charge in [-0.3, -0.25) is 20.1 Å². The average Bonchev–Trinajstić information content (AvgIpc) is 2.53. The number of aliphatic imine (C=N–C) groups is 1. The minimum Gasteiger partial charge on any atom is -0.354 e. The van der Waals surface area contributed by atoms with Gasteiger partial charge < -0.3 is 4.90 Å². The Labute approximate surface area is 129 Å². The lowest BCUT2D eigenvalue weighted by atomic mass is 10.2. The maximum absolute atomic E-state index is 10.9. The van der Waals surface area contributed by atoms with Crippen LogP contribution in [0.4, 0.5) is 0 Å². The van der Waals surface area contributed by atoms with Crippen molar-refractivity contribution in [2.75, 3.05) is 13.6 Å². The first kappa shape index (κ1) is 15.6. The quantitative estimate of drug-likeness (QED) is 0.355. The molecule has 0 aliphatic rings. The van der Waals surface area contributed by atoms with E-state index in [0.717, 1.165) is 11.1 Å². The fraction of sp³-hybridized carbons (Fsp3) is 0.250. The maximum atomic E-state index is 10.9. The predicted octanol–water partition coefficient (Wildman–Crippen LogP) is 2.39. The molecule has 0 unspecified atom stereocenters. The van der Waals surface area contributed by atoms with Gasteiger partial charge in [0.15, 0.2) is 5.84 Å². The van der Waals surface area contributed by atoms with E-state index in [1.807, 2.05) is 42.5 Å². The van der Waals surface area contributed by atoms with Gasteiger partial charge in [0.25, 0.3) is 6.54 Å². The Morgan fingerprint density at radius 2 is 1.95 bits per heavy atom. The Morgan fingerprint density at radius 1 is 1.23 bits per heavy atom. The van der Waals surface area contributed by atoms with Crippen LogP contribution in [0.1, 0.15) is 11.1 Å². The molecule has 0 N–H and O–H groups in total. The highest BCUT2D eigenvalue weighted by atomic mass is 16.6. The highest BCUT2D eigenvalue weighted by Crippen LogP contribution is 2.05. The van der Waals surface area contributed by atoms with Crippen LogP contribution in [0.5, 0.6) is 0 Å². The lowest BCUT2D eigenvalue weighted by Crippen LogP contribution is -2.32. The molecule has 0 saturated carbocycles. The standard InChI is InChI=1S/C16H18N4O2/c1-19(12-15-8-5-9-17-10-15)16(13-20(21)22)18-11-14-6-3-2-4-7-14/h2-10H,11-13H2,1H3. The third kappa shape index (κ3) is 4.97. The number of hydrogen-bond acceptors (Lipinski definition) is 4. The highest BCUT2D eigenvalue weighted by Gasteiger charge is 2.13. The molecule has 6 nitrogen and oxygen atoms in total. The first-order valence-corrected chi connectivity index (χ1v) is 6.94. The normalized spacial score (nSPS) is 11.2. The van der Waals surface area contributed by atoms with Crippen LogP contribution in [0.2, 0.25) is 0 Å². The number of benzene rings is 1. The number of rotatable bonds is 6. The summed E-state index contributed by atoms with van der Waals surface area (Å²) in [5.41, 5.74) is 2.01. The number of amidine groups is 1. The van der Waals surface area contributed by atoms with Crippen LogP contribution >= 0.6 is 0 Å². The maximum Gasteiger partial charge on any atom is 0.260 e. The van der Waals surface area contributed by atoms with Gasteiger partial charge in [0.1, 0.15) is 0 Å². The second-order valence-electron chi connectivity index (χ2n) is 4.93. The van der Waals surface area contributed by atoms with Gasteiger partial charge in [0, 0.05) is 30.9 Å². The number of nitrogens with zero attached hydrogens (tertiary/aromatic N) is 4. The third-order valence-electron chi connectivity index (χ3n) is 3.14. The van der Waals surface area contributed by atoms with Gasteiger partial charge in [-0.1, -0.05) is 36.4 Å². The predicted molar refractivity (Wildman–Crippen MR) is 85.1 cm³/mol. The molecule has 0 aliphatic heterocycles. The smallest absolute Gasteiger partial charge is 0.260 e. The molecule has 0 spiro atoms. The zero-order chi connectivity index (χ0) is 15.8. The molecular weight excluding hydrogens is 280 g/mol. The summed E-state index contributed by atoms with van der Waals surface area (Å²) in [4.78, 5) is 20.8. The molecule has 0 bridgehead atoms. The Kier molecular flexibility index (Phi) is 5.59. The van der Waals surface area contributed by atoms with Crippen molar-refractivity contribution in [3.05, 3.63) is 76.1 Å².